The Morgan fingerprint density at radius 3 is 2.45 bits per heavy atom. The number of rotatable bonds is 5. The van der Waals surface area contributed by atoms with Crippen LogP contribution in [0.1, 0.15) is 50.6 Å². The van der Waals surface area contributed by atoms with E-state index in [1.807, 2.05) is 25.1 Å². The Bertz CT molecular complexity index is 499. The fraction of sp³-hybridized carbons (Fsp3) is 0.588. The number of hydrogen-bond acceptors (Lipinski definition) is 3. The molecule has 0 unspecified atom stereocenters. The van der Waals surface area contributed by atoms with Crippen molar-refractivity contribution in [2.24, 2.45) is 0 Å². The summed E-state index contributed by atoms with van der Waals surface area (Å²) in [7, 11) is 3.21. The van der Waals surface area contributed by atoms with Crippen molar-refractivity contribution in [3.63, 3.8) is 0 Å². The van der Waals surface area contributed by atoms with Crippen LogP contribution in [0.2, 0.25) is 0 Å². The monoisotopic (exact) mass is 306 g/mol. The van der Waals surface area contributed by atoms with Gasteiger partial charge in [0.25, 0.3) is 0 Å². The van der Waals surface area contributed by atoms with Crippen molar-refractivity contribution >= 4 is 6.03 Å². The molecule has 1 atom stereocenters. The van der Waals surface area contributed by atoms with Crippen LogP contribution in [-0.2, 0) is 0 Å². The first-order chi connectivity index (χ1) is 10.6. The van der Waals surface area contributed by atoms with Gasteiger partial charge in [-0.3, -0.25) is 0 Å². The summed E-state index contributed by atoms with van der Waals surface area (Å²) in [6, 6.07) is 5.80. The van der Waals surface area contributed by atoms with Crippen molar-refractivity contribution in [3.8, 4) is 11.5 Å². The standard InChI is InChI=1S/C17H26N2O3/c1-12(13-9-10-15(21-2)16(11-13)22-3)18-17(20)19-14-7-5-4-6-8-14/h9-12,14H,4-8H2,1-3H3,(H2,18,19,20)/t12-/m0/s1. The third-order valence-corrected chi connectivity index (χ3v) is 4.20. The van der Waals surface area contributed by atoms with Crippen LogP contribution >= 0.6 is 0 Å². The number of nitrogens with one attached hydrogen (secondary N) is 2. The lowest BCUT2D eigenvalue weighted by molar-refractivity contribution is 0.229. The Morgan fingerprint density at radius 2 is 1.82 bits per heavy atom. The predicted molar refractivity (Wildman–Crippen MR) is 86.5 cm³/mol. The van der Waals surface area contributed by atoms with Crippen molar-refractivity contribution in [1.82, 2.24) is 10.6 Å². The molecule has 0 aliphatic heterocycles. The normalized spacial score (nSPS) is 16.7. The molecule has 2 amide bonds. The molecule has 1 fully saturated rings. The van der Waals surface area contributed by atoms with Gasteiger partial charge in [0, 0.05) is 6.04 Å². The molecule has 0 bridgehead atoms. The summed E-state index contributed by atoms with van der Waals surface area (Å²) >= 11 is 0. The molecule has 0 radical (unpaired) electrons. The van der Waals surface area contributed by atoms with Gasteiger partial charge >= 0.3 is 6.03 Å². The van der Waals surface area contributed by atoms with Crippen LogP contribution in [-0.4, -0.2) is 26.3 Å². The maximum atomic E-state index is 12.1. The van der Waals surface area contributed by atoms with Gasteiger partial charge in [-0.15, -0.1) is 0 Å². The number of hydrogen-bond donors (Lipinski definition) is 2. The highest BCUT2D eigenvalue weighted by Gasteiger charge is 2.17. The first kappa shape index (κ1) is 16.5. The van der Waals surface area contributed by atoms with Crippen LogP contribution in [0.25, 0.3) is 0 Å². The maximum Gasteiger partial charge on any atom is 0.315 e. The molecule has 0 aromatic heterocycles. The van der Waals surface area contributed by atoms with E-state index in [-0.39, 0.29) is 12.1 Å². The molecule has 5 nitrogen and oxygen atoms in total. The number of amides is 2. The Morgan fingerprint density at radius 1 is 1.14 bits per heavy atom. The van der Waals surface area contributed by atoms with E-state index in [0.29, 0.717) is 17.5 Å². The molecule has 2 N–H and O–H groups in total. The third-order valence-electron chi connectivity index (χ3n) is 4.20. The predicted octanol–water partition coefficient (Wildman–Crippen LogP) is 3.40. The average molecular weight is 306 g/mol. The van der Waals surface area contributed by atoms with Crippen molar-refractivity contribution < 1.29 is 14.3 Å². The minimum atomic E-state index is -0.103. The van der Waals surface area contributed by atoms with Gasteiger partial charge in [0.2, 0.25) is 0 Å². The van der Waals surface area contributed by atoms with Gasteiger partial charge in [0.05, 0.1) is 20.3 Å². The fourth-order valence-corrected chi connectivity index (χ4v) is 2.88. The maximum absolute atomic E-state index is 12.1. The molecule has 0 heterocycles. The lowest BCUT2D eigenvalue weighted by atomic mass is 9.96. The van der Waals surface area contributed by atoms with Crippen molar-refractivity contribution in [2.75, 3.05) is 14.2 Å². The quantitative estimate of drug-likeness (QED) is 0.876. The summed E-state index contributed by atoms with van der Waals surface area (Å²) < 4.78 is 10.5. The molecule has 1 aromatic carbocycles. The molecule has 2 rings (SSSR count). The zero-order valence-electron chi connectivity index (χ0n) is 13.6. The number of carbonyl (C=O) groups excluding carboxylic acids is 1. The second-order valence-electron chi connectivity index (χ2n) is 5.79. The van der Waals surface area contributed by atoms with Gasteiger partial charge in [0.15, 0.2) is 11.5 Å². The number of benzene rings is 1. The molecule has 122 valence electrons. The number of urea groups is 1. The largest absolute Gasteiger partial charge is 0.493 e. The van der Waals surface area contributed by atoms with E-state index in [1.54, 1.807) is 14.2 Å². The molecule has 1 aliphatic rings. The van der Waals surface area contributed by atoms with Crippen LogP contribution < -0.4 is 20.1 Å². The number of methoxy groups -OCH3 is 2. The number of carbonyl (C=O) groups is 1. The molecule has 0 spiro atoms. The molecular weight excluding hydrogens is 280 g/mol. The van der Waals surface area contributed by atoms with E-state index in [9.17, 15) is 4.79 Å². The van der Waals surface area contributed by atoms with Gasteiger partial charge < -0.3 is 20.1 Å². The van der Waals surface area contributed by atoms with Gasteiger partial charge in [0.1, 0.15) is 0 Å². The Hall–Kier alpha value is -1.91. The molecule has 1 aliphatic carbocycles. The third kappa shape index (κ3) is 4.29. The average Bonchev–Trinajstić information content (AvgIpc) is 2.54. The van der Waals surface area contributed by atoms with Crippen molar-refractivity contribution in [2.45, 2.75) is 51.1 Å². The molecule has 5 heteroatoms. The molecule has 1 saturated carbocycles. The Labute approximate surface area is 132 Å². The topological polar surface area (TPSA) is 59.6 Å². The van der Waals surface area contributed by atoms with Gasteiger partial charge in [-0.2, -0.15) is 0 Å². The van der Waals surface area contributed by atoms with Gasteiger partial charge in [-0.25, -0.2) is 4.79 Å². The highest BCUT2D eigenvalue weighted by Crippen LogP contribution is 2.29. The summed E-state index contributed by atoms with van der Waals surface area (Å²) in [5, 5.41) is 6.05. The zero-order valence-corrected chi connectivity index (χ0v) is 13.6. The molecule has 0 saturated heterocycles. The van der Waals surface area contributed by atoms with Crippen LogP contribution in [0.3, 0.4) is 0 Å². The van der Waals surface area contributed by atoms with E-state index >= 15 is 0 Å². The van der Waals surface area contributed by atoms with Crippen molar-refractivity contribution in [3.05, 3.63) is 23.8 Å². The zero-order chi connectivity index (χ0) is 15.9. The lowest BCUT2D eigenvalue weighted by Gasteiger charge is -2.24. The Balaban J connectivity index is 1.93. The summed E-state index contributed by atoms with van der Waals surface area (Å²) in [5.74, 6) is 1.35. The first-order valence-electron chi connectivity index (χ1n) is 7.93. The molecule has 22 heavy (non-hydrogen) atoms. The first-order valence-corrected chi connectivity index (χ1v) is 7.93. The highest BCUT2D eigenvalue weighted by atomic mass is 16.5. The van der Waals surface area contributed by atoms with E-state index in [4.69, 9.17) is 9.47 Å². The fourth-order valence-electron chi connectivity index (χ4n) is 2.88. The van der Waals surface area contributed by atoms with E-state index in [0.717, 1.165) is 18.4 Å². The van der Waals surface area contributed by atoms with Crippen LogP contribution in [0.4, 0.5) is 4.79 Å². The lowest BCUT2D eigenvalue weighted by Crippen LogP contribution is -2.43. The minimum absolute atomic E-state index is 0.0941. The van der Waals surface area contributed by atoms with E-state index < -0.39 is 0 Å². The second-order valence-corrected chi connectivity index (χ2v) is 5.79. The molecular formula is C17H26N2O3. The summed E-state index contributed by atoms with van der Waals surface area (Å²) in [5.41, 5.74) is 0.983. The van der Waals surface area contributed by atoms with Crippen LogP contribution in [0.5, 0.6) is 11.5 Å². The molecule has 1 aromatic rings. The highest BCUT2D eigenvalue weighted by molar-refractivity contribution is 5.74. The summed E-state index contributed by atoms with van der Waals surface area (Å²) in [4.78, 5) is 12.1. The van der Waals surface area contributed by atoms with Crippen LogP contribution in [0, 0.1) is 0 Å². The van der Waals surface area contributed by atoms with Crippen LogP contribution in [0.15, 0.2) is 18.2 Å². The minimum Gasteiger partial charge on any atom is -0.493 e. The van der Waals surface area contributed by atoms with E-state index in [1.165, 1.54) is 19.3 Å². The van der Waals surface area contributed by atoms with E-state index in [2.05, 4.69) is 10.6 Å². The van der Waals surface area contributed by atoms with Gasteiger partial charge in [-0.05, 0) is 37.5 Å². The van der Waals surface area contributed by atoms with Gasteiger partial charge in [-0.1, -0.05) is 25.3 Å². The SMILES string of the molecule is COc1ccc([C@H](C)NC(=O)NC2CCCCC2)cc1OC. The summed E-state index contributed by atoms with van der Waals surface area (Å²) in [6.45, 7) is 1.96. The van der Waals surface area contributed by atoms with Crippen molar-refractivity contribution in [1.29, 1.82) is 0 Å². The smallest absolute Gasteiger partial charge is 0.315 e. The Kier molecular flexibility index (Phi) is 5.92. The summed E-state index contributed by atoms with van der Waals surface area (Å²) in [6.07, 6.45) is 5.85. The number of ether oxygens (including phenoxy) is 2. The second kappa shape index (κ2) is 7.92.